The second-order valence-electron chi connectivity index (χ2n) is 4.87. The number of hydrogen-bond donors (Lipinski definition) is 0. The highest BCUT2D eigenvalue weighted by Gasteiger charge is 2.15. The molecule has 5 nitrogen and oxygen atoms in total. The first-order valence-corrected chi connectivity index (χ1v) is 7.27. The summed E-state index contributed by atoms with van der Waals surface area (Å²) in [5, 5.41) is 0. The molecule has 0 saturated heterocycles. The molecule has 2 rings (SSSR count). The number of esters is 1. The Morgan fingerprint density at radius 1 is 1.24 bits per heavy atom. The molecule has 0 saturated carbocycles. The van der Waals surface area contributed by atoms with Crippen LogP contribution in [0.4, 0.5) is 0 Å². The van der Waals surface area contributed by atoms with Crippen LogP contribution < -0.4 is 0 Å². The lowest BCUT2D eigenvalue weighted by molar-refractivity contribution is -0.145. The number of ether oxygens (including phenoxy) is 1. The lowest BCUT2D eigenvalue weighted by Crippen LogP contribution is -2.17. The molecule has 1 aromatic heterocycles. The molecular weight excluding hydrogens is 268 g/mol. The lowest BCUT2D eigenvalue weighted by Gasteiger charge is -2.08. The molecule has 5 heteroatoms. The van der Waals surface area contributed by atoms with Crippen LogP contribution in [0.25, 0.3) is 11.0 Å². The van der Waals surface area contributed by atoms with Crippen LogP contribution in [0.3, 0.4) is 0 Å². The van der Waals surface area contributed by atoms with Gasteiger partial charge in [0.05, 0.1) is 24.2 Å². The molecule has 0 amide bonds. The quantitative estimate of drug-likeness (QED) is 0.580. The molecule has 0 fully saturated rings. The number of fused-ring (bicyclic) bond motifs is 1. The molecule has 2 aromatic rings. The maximum Gasteiger partial charge on any atom is 0.313 e. The van der Waals surface area contributed by atoms with Gasteiger partial charge in [-0.15, -0.1) is 0 Å². The number of para-hydroxylation sites is 2. The van der Waals surface area contributed by atoms with Gasteiger partial charge in [-0.05, 0) is 25.5 Å². The van der Waals surface area contributed by atoms with Crippen molar-refractivity contribution < 1.29 is 14.3 Å². The standard InChI is InChI=1S/C16H20N2O3/c1-3-7-15-17-13-8-5-6-9-14(13)18(15)11-12(19)10-16(20)21-4-2/h5-6,8-9H,3-4,7,10-11H2,1-2H3. The van der Waals surface area contributed by atoms with E-state index in [9.17, 15) is 9.59 Å². The highest BCUT2D eigenvalue weighted by atomic mass is 16.5. The summed E-state index contributed by atoms with van der Waals surface area (Å²) in [5.41, 5.74) is 1.81. The van der Waals surface area contributed by atoms with E-state index in [4.69, 9.17) is 4.74 Å². The monoisotopic (exact) mass is 288 g/mol. The highest BCUT2D eigenvalue weighted by molar-refractivity contribution is 5.96. The van der Waals surface area contributed by atoms with Crippen LogP contribution >= 0.6 is 0 Å². The maximum atomic E-state index is 12.0. The average molecular weight is 288 g/mol. The number of carbonyl (C=O) groups is 2. The number of imidazole rings is 1. The molecule has 21 heavy (non-hydrogen) atoms. The number of Topliss-reactive ketones (excluding diaryl/α,β-unsaturated/α-hetero) is 1. The zero-order valence-electron chi connectivity index (χ0n) is 12.5. The first kappa shape index (κ1) is 15.2. The third kappa shape index (κ3) is 3.68. The average Bonchev–Trinajstić information content (AvgIpc) is 2.77. The number of benzene rings is 1. The molecule has 0 atom stereocenters. The van der Waals surface area contributed by atoms with Crippen molar-refractivity contribution >= 4 is 22.8 Å². The van der Waals surface area contributed by atoms with E-state index in [0.29, 0.717) is 6.61 Å². The zero-order valence-corrected chi connectivity index (χ0v) is 12.5. The van der Waals surface area contributed by atoms with E-state index in [2.05, 4.69) is 11.9 Å². The largest absolute Gasteiger partial charge is 0.466 e. The normalized spacial score (nSPS) is 10.8. The van der Waals surface area contributed by atoms with E-state index in [1.807, 2.05) is 28.8 Å². The molecule has 112 valence electrons. The van der Waals surface area contributed by atoms with E-state index in [0.717, 1.165) is 29.7 Å². The number of nitrogens with zero attached hydrogens (tertiary/aromatic N) is 2. The molecule has 0 radical (unpaired) electrons. The SMILES string of the molecule is CCCc1nc2ccccc2n1CC(=O)CC(=O)OCC. The van der Waals surface area contributed by atoms with E-state index in [1.165, 1.54) is 0 Å². The van der Waals surface area contributed by atoms with Gasteiger partial charge in [0.15, 0.2) is 5.78 Å². The van der Waals surface area contributed by atoms with Crippen molar-refractivity contribution in [1.29, 1.82) is 0 Å². The molecular formula is C16H20N2O3. The molecule has 0 N–H and O–H groups in total. The molecule has 0 aliphatic rings. The minimum Gasteiger partial charge on any atom is -0.466 e. The van der Waals surface area contributed by atoms with Gasteiger partial charge in [0, 0.05) is 6.42 Å². The second kappa shape index (κ2) is 7.02. The number of rotatable bonds is 7. The van der Waals surface area contributed by atoms with Crippen molar-refractivity contribution in [3.8, 4) is 0 Å². The Morgan fingerprint density at radius 2 is 2.00 bits per heavy atom. The van der Waals surface area contributed by atoms with Crippen LogP contribution in [-0.4, -0.2) is 27.9 Å². The van der Waals surface area contributed by atoms with E-state index in [-0.39, 0.29) is 18.7 Å². The van der Waals surface area contributed by atoms with Crippen molar-refractivity contribution in [1.82, 2.24) is 9.55 Å². The van der Waals surface area contributed by atoms with Gasteiger partial charge in [-0.1, -0.05) is 19.1 Å². The fourth-order valence-electron chi connectivity index (χ4n) is 2.32. The Hall–Kier alpha value is -2.17. The molecule has 0 aliphatic carbocycles. The minimum absolute atomic E-state index is 0.158. The number of carbonyl (C=O) groups excluding carboxylic acids is 2. The third-order valence-corrected chi connectivity index (χ3v) is 3.19. The zero-order chi connectivity index (χ0) is 15.2. The molecule has 1 aromatic carbocycles. The molecule has 0 aliphatic heterocycles. The van der Waals surface area contributed by atoms with Gasteiger partial charge in [0.1, 0.15) is 12.2 Å². The number of hydrogen-bond acceptors (Lipinski definition) is 4. The topological polar surface area (TPSA) is 61.2 Å². The molecule has 0 bridgehead atoms. The molecule has 0 unspecified atom stereocenters. The molecule has 1 heterocycles. The Balaban J connectivity index is 2.21. The van der Waals surface area contributed by atoms with Crippen molar-refractivity contribution in [3.05, 3.63) is 30.1 Å². The van der Waals surface area contributed by atoms with E-state index in [1.54, 1.807) is 6.92 Å². The fraction of sp³-hybridized carbons (Fsp3) is 0.438. The predicted molar refractivity (Wildman–Crippen MR) is 80.0 cm³/mol. The van der Waals surface area contributed by atoms with Crippen molar-refractivity contribution in [2.45, 2.75) is 39.7 Å². The number of ketones is 1. The lowest BCUT2D eigenvalue weighted by atomic mass is 10.2. The first-order chi connectivity index (χ1) is 10.2. The maximum absolute atomic E-state index is 12.0. The number of aromatic nitrogens is 2. The summed E-state index contributed by atoms with van der Waals surface area (Å²) < 4.78 is 6.72. The van der Waals surface area contributed by atoms with Gasteiger partial charge >= 0.3 is 5.97 Å². The Morgan fingerprint density at radius 3 is 2.71 bits per heavy atom. The van der Waals surface area contributed by atoms with Crippen molar-refractivity contribution in [2.75, 3.05) is 6.61 Å². The van der Waals surface area contributed by atoms with Crippen LogP contribution in [0.1, 0.15) is 32.5 Å². The second-order valence-corrected chi connectivity index (χ2v) is 4.87. The van der Waals surface area contributed by atoms with Gasteiger partial charge in [-0.2, -0.15) is 0 Å². The predicted octanol–water partition coefficient (Wildman–Crippen LogP) is 2.51. The first-order valence-electron chi connectivity index (χ1n) is 7.27. The van der Waals surface area contributed by atoms with Gasteiger partial charge in [-0.25, -0.2) is 4.98 Å². The van der Waals surface area contributed by atoms with Crippen LogP contribution in [0.5, 0.6) is 0 Å². The summed E-state index contributed by atoms with van der Waals surface area (Å²) in [6, 6.07) is 7.72. The van der Waals surface area contributed by atoms with Gasteiger partial charge in [-0.3, -0.25) is 9.59 Å². The smallest absolute Gasteiger partial charge is 0.313 e. The summed E-state index contributed by atoms with van der Waals surface area (Å²) in [4.78, 5) is 28.0. The minimum atomic E-state index is -0.469. The summed E-state index contributed by atoms with van der Waals surface area (Å²) in [7, 11) is 0. The number of aryl methyl sites for hydroxylation is 1. The Labute approximate surface area is 123 Å². The highest BCUT2D eigenvalue weighted by Crippen LogP contribution is 2.17. The summed E-state index contributed by atoms with van der Waals surface area (Å²) in [5.74, 6) is 0.258. The van der Waals surface area contributed by atoms with E-state index >= 15 is 0 Å². The fourth-order valence-corrected chi connectivity index (χ4v) is 2.32. The van der Waals surface area contributed by atoms with Gasteiger partial charge < -0.3 is 9.30 Å². The van der Waals surface area contributed by atoms with Crippen LogP contribution in [0.2, 0.25) is 0 Å². The Kier molecular flexibility index (Phi) is 5.09. The van der Waals surface area contributed by atoms with Gasteiger partial charge in [0.2, 0.25) is 0 Å². The van der Waals surface area contributed by atoms with Crippen LogP contribution in [0, 0.1) is 0 Å². The van der Waals surface area contributed by atoms with Crippen LogP contribution in [-0.2, 0) is 27.3 Å². The summed E-state index contributed by atoms with van der Waals surface area (Å²) >= 11 is 0. The van der Waals surface area contributed by atoms with Gasteiger partial charge in [0.25, 0.3) is 0 Å². The van der Waals surface area contributed by atoms with E-state index < -0.39 is 5.97 Å². The molecule has 0 spiro atoms. The summed E-state index contributed by atoms with van der Waals surface area (Å²) in [6.45, 7) is 4.26. The van der Waals surface area contributed by atoms with Crippen molar-refractivity contribution in [2.24, 2.45) is 0 Å². The Bertz CT molecular complexity index is 646. The summed E-state index contributed by atoms with van der Waals surface area (Å²) in [6.07, 6.45) is 1.57. The van der Waals surface area contributed by atoms with Crippen LogP contribution in [0.15, 0.2) is 24.3 Å². The third-order valence-electron chi connectivity index (χ3n) is 3.19. The van der Waals surface area contributed by atoms with Crippen molar-refractivity contribution in [3.63, 3.8) is 0 Å².